The van der Waals surface area contributed by atoms with E-state index in [2.05, 4.69) is 68.8 Å². The normalized spacial score (nSPS) is 19.0. The van der Waals surface area contributed by atoms with E-state index in [1.165, 1.54) is 23.8 Å². The highest BCUT2D eigenvalue weighted by atomic mass is 32.1. The number of carboxylic acid groups (broad SMARTS) is 3. The lowest BCUT2D eigenvalue weighted by molar-refractivity contribution is -0.310. The third-order valence-electron chi connectivity index (χ3n) is 18.6. The van der Waals surface area contributed by atoms with Gasteiger partial charge in [0.2, 0.25) is 88.6 Å². The summed E-state index contributed by atoms with van der Waals surface area (Å²) in [4.78, 5) is 244. The maximum absolute atomic E-state index is 14.6. The molecule has 47 nitrogen and oxygen atoms in total. The van der Waals surface area contributed by atoms with Crippen molar-refractivity contribution in [2.24, 2.45) is 22.9 Å². The Morgan fingerprint density at radius 1 is 0.580 bits per heavy atom. The van der Waals surface area contributed by atoms with Crippen molar-refractivity contribution in [3.8, 4) is 0 Å². The highest BCUT2D eigenvalue weighted by molar-refractivity contribution is 7.07. The quantitative estimate of drug-likeness (QED) is 0.0274. The second kappa shape index (κ2) is 51.3. The molecule has 662 valence electrons. The van der Waals surface area contributed by atoms with Gasteiger partial charge in [-0.25, -0.2) is 9.78 Å². The number of aromatic nitrogens is 1. The van der Waals surface area contributed by atoms with Gasteiger partial charge in [0.1, 0.15) is 78.8 Å². The Kier molecular flexibility index (Phi) is 43.2. The molecule has 0 saturated carbocycles. The van der Waals surface area contributed by atoms with E-state index in [1.54, 1.807) is 36.6 Å². The minimum absolute atomic E-state index is 0.0275. The summed E-state index contributed by atoms with van der Waals surface area (Å²) in [7, 11) is 0. The molecule has 2 aromatic rings. The smallest absolute Gasteiger partial charge is 0.328 e. The lowest BCUT2D eigenvalue weighted by atomic mass is 9.99. The van der Waals surface area contributed by atoms with Crippen LogP contribution < -0.4 is 92.1 Å². The molecule has 2 aliphatic heterocycles. The van der Waals surface area contributed by atoms with E-state index in [-0.39, 0.29) is 58.0 Å². The van der Waals surface area contributed by atoms with Gasteiger partial charge in [-0.15, -0.1) is 11.3 Å². The van der Waals surface area contributed by atoms with Crippen LogP contribution in [0.2, 0.25) is 0 Å². The molecule has 3 heterocycles. The molecular formula is C71H109N19O28S. The number of unbranched alkanes of at least 4 members (excludes halogenated alkanes) is 1. The molecule has 0 radical (unpaired) electrons. The van der Waals surface area contributed by atoms with Gasteiger partial charge in [0.05, 0.1) is 62.7 Å². The fourth-order valence-electron chi connectivity index (χ4n) is 12.1. The number of aliphatic hydroxyl groups excluding tert-OH is 5. The van der Waals surface area contributed by atoms with Gasteiger partial charge in [0.15, 0.2) is 12.3 Å². The summed E-state index contributed by atoms with van der Waals surface area (Å²) >= 11 is 1.23. The van der Waals surface area contributed by atoms with Gasteiger partial charge >= 0.3 is 17.9 Å². The van der Waals surface area contributed by atoms with Gasteiger partial charge in [-0.3, -0.25) is 81.5 Å². The van der Waals surface area contributed by atoms with Gasteiger partial charge < -0.3 is 147 Å². The molecule has 29 N–H and O–H groups in total. The minimum Gasteiger partial charge on any atom is -0.481 e. The summed E-state index contributed by atoms with van der Waals surface area (Å²) < 4.78 is 11.3. The molecule has 2 fully saturated rings. The zero-order chi connectivity index (χ0) is 88.8. The third-order valence-corrected chi connectivity index (χ3v) is 19.2. The van der Waals surface area contributed by atoms with Crippen molar-refractivity contribution in [3.05, 3.63) is 52.0 Å². The van der Waals surface area contributed by atoms with Crippen molar-refractivity contribution < 1.29 is 137 Å². The molecule has 4 rings (SSSR count). The number of aliphatic carboxylic acids is 3. The second-order valence-electron chi connectivity index (χ2n) is 28.1. The number of carbonyl (C=O) groups excluding carboxylic acids is 15. The number of benzene rings is 1. The SMILES string of the molecule is Cc1cccc(C[C@H](NC(=O)CNC(=O)[C@H](C)NC(=O)[C@H](Cc2cscn2)NC(=O)CN)C(=O)N[C@@H](CC[C@H](CN)O[C@@H]2O[C@H](CO)[C@H](O)[C@H](O)[C@H]2O)C(=O)NCC(=O)N[C@@H](CCC(=O)O)C(=O)N[C@@H](CCC(N)=O)C(=O)NCC(=O)N2CCC[C@H]2C(=O)N[C@@H](CCCCN)C(=O)NCC(=O)N[C@@H](CCC(=O)O)C(=O)N[C@H](C(=O)O)[C@@H](C)O)c1. The van der Waals surface area contributed by atoms with E-state index in [9.17, 15) is 127 Å². The molecule has 0 aliphatic carbocycles. The van der Waals surface area contributed by atoms with Crippen molar-refractivity contribution >= 4 is 118 Å². The maximum Gasteiger partial charge on any atom is 0.328 e. The first kappa shape index (κ1) is 100. The van der Waals surface area contributed by atoms with Crippen LogP contribution in [0.5, 0.6) is 0 Å². The number of amides is 15. The van der Waals surface area contributed by atoms with Gasteiger partial charge in [-0.05, 0) is 97.1 Å². The number of nitrogens with two attached hydrogens (primary N) is 4. The Hall–Kier alpha value is -11.1. The molecule has 0 spiro atoms. The molecule has 2 aliphatic rings. The van der Waals surface area contributed by atoms with Gasteiger partial charge in [0.25, 0.3) is 0 Å². The molecule has 17 atom stereocenters. The van der Waals surface area contributed by atoms with Gasteiger partial charge in [-0.2, -0.15) is 0 Å². The summed E-state index contributed by atoms with van der Waals surface area (Å²) in [6.07, 6.45) is -15.9. The topological polar surface area (TPSA) is 764 Å². The Morgan fingerprint density at radius 3 is 1.61 bits per heavy atom. The number of hydrogen-bond acceptors (Lipinski definition) is 30. The number of thiazole rings is 1. The maximum atomic E-state index is 14.6. The number of aryl methyl sites for hydroxylation is 1. The van der Waals surface area contributed by atoms with E-state index >= 15 is 0 Å². The fraction of sp³-hybridized carbons (Fsp3) is 0.620. The van der Waals surface area contributed by atoms with Crippen LogP contribution in [0.25, 0.3) is 0 Å². The van der Waals surface area contributed by atoms with Crippen LogP contribution in [0, 0.1) is 6.92 Å². The first-order chi connectivity index (χ1) is 56.3. The number of hydrogen-bond donors (Lipinski definition) is 25. The second-order valence-corrected chi connectivity index (χ2v) is 28.8. The standard InChI is InChI=1S/C71H109N19O28S/c1-34-8-6-9-37(22-34)23-45(85-53(97)27-76-61(106)35(2)81-67(112)46(84-50(94)26-74)24-38-32-119-33-80-38)68(113)87-41(13-12-39(25-73)117-71-60(105)59(104)58(103)48(31-91)118-71)63(108)78-29-51(95)82-43(15-18-55(99)100)65(110)86-42(14-17-49(75)93)64(109)79-30-54(98)90-21-7-11-47(90)69(114)88-40(10-4-5-20-72)62(107)77-28-52(96)83-44(16-19-56(101)102)66(111)89-57(36(3)92)70(115)116/h6,8-9,22,32-33,35-36,39-48,57-60,71,91-92,103-105H,4-5,7,10-21,23-31,72-74H2,1-3H3,(H2,75,93)(H,76,106)(H,77,107)(H,78,108)(H,79,109)(H,81,112)(H,82,95)(H,83,96)(H,84,94)(H,85,97)(H,86,110)(H,87,113)(H,88,114)(H,89,111)(H,99,100)(H,101,102)(H,115,116)/t35-,36+,39+,40-,41-,42-,43-,44-,45-,46-,47-,48+,57-,58-,59-,60+,71+/m0/s1. The summed E-state index contributed by atoms with van der Waals surface area (Å²) in [6.45, 7) is -1.13. The molecule has 119 heavy (non-hydrogen) atoms. The number of aliphatic hydroxyl groups is 5. The lowest BCUT2D eigenvalue weighted by Crippen LogP contribution is -2.60. The van der Waals surface area contributed by atoms with E-state index < -0.39 is 301 Å². The number of ether oxygens (including phenoxy) is 2. The van der Waals surface area contributed by atoms with Crippen LogP contribution in [0.4, 0.5) is 0 Å². The number of primary amides is 1. The van der Waals surface area contributed by atoms with E-state index in [1.807, 2.05) is 5.32 Å². The molecule has 0 unspecified atom stereocenters. The zero-order valence-corrected chi connectivity index (χ0v) is 66.4. The summed E-state index contributed by atoms with van der Waals surface area (Å²) in [5.41, 5.74) is 25.7. The number of nitrogens with one attached hydrogen (secondary N) is 13. The Labute approximate surface area is 685 Å². The third kappa shape index (κ3) is 35.2. The Balaban J connectivity index is 1.52. The molecule has 2 saturated heterocycles. The van der Waals surface area contributed by atoms with Gasteiger partial charge in [-0.1, -0.05) is 29.8 Å². The van der Waals surface area contributed by atoms with Crippen molar-refractivity contribution in [1.29, 1.82) is 0 Å². The molecule has 1 aromatic carbocycles. The molecule has 48 heteroatoms. The van der Waals surface area contributed by atoms with Crippen LogP contribution >= 0.6 is 11.3 Å². The van der Waals surface area contributed by atoms with Crippen LogP contribution in [-0.2, 0) is 109 Å². The van der Waals surface area contributed by atoms with E-state index in [4.69, 9.17) is 32.4 Å². The number of nitrogens with zero attached hydrogens (tertiary/aromatic N) is 2. The van der Waals surface area contributed by atoms with Crippen LogP contribution in [0.3, 0.4) is 0 Å². The van der Waals surface area contributed by atoms with Gasteiger partial charge in [0, 0.05) is 50.6 Å². The minimum atomic E-state index is -1.92. The van der Waals surface area contributed by atoms with Crippen molar-refractivity contribution in [3.63, 3.8) is 0 Å². The first-order valence-electron chi connectivity index (χ1n) is 38.0. The summed E-state index contributed by atoms with van der Waals surface area (Å²) in [6, 6.07) is -9.00. The van der Waals surface area contributed by atoms with E-state index in [0.29, 0.717) is 23.2 Å². The monoisotopic (exact) mass is 1710 g/mol. The highest BCUT2D eigenvalue weighted by Crippen LogP contribution is 2.25. The lowest BCUT2D eigenvalue weighted by Gasteiger charge is -2.40. The summed E-state index contributed by atoms with van der Waals surface area (Å²) in [5.74, 6) is -19.6. The van der Waals surface area contributed by atoms with Crippen molar-refractivity contribution in [1.82, 2.24) is 79.0 Å². The molecule has 1 aromatic heterocycles. The predicted molar refractivity (Wildman–Crippen MR) is 411 cm³/mol. The first-order valence-corrected chi connectivity index (χ1v) is 39.0. The number of likely N-dealkylation sites (tertiary alicyclic amines) is 1. The van der Waals surface area contributed by atoms with Crippen LogP contribution in [0.15, 0.2) is 35.2 Å². The van der Waals surface area contributed by atoms with Crippen LogP contribution in [0.1, 0.15) is 114 Å². The van der Waals surface area contributed by atoms with Crippen LogP contribution in [-0.4, -0.2) is 320 Å². The highest BCUT2D eigenvalue weighted by Gasteiger charge is 2.46. The molecule has 15 amide bonds. The average molecular weight is 1710 g/mol. The average Bonchev–Trinajstić information content (AvgIpc) is 0.982. The molecular weight excluding hydrogens is 1600 g/mol. The number of carboxylic acids is 3. The zero-order valence-electron chi connectivity index (χ0n) is 65.6. The van der Waals surface area contributed by atoms with Crippen molar-refractivity contribution in [2.75, 3.05) is 59.0 Å². The predicted octanol–water partition coefficient (Wildman–Crippen LogP) is -11.5. The number of rotatable bonds is 53. The fourth-order valence-corrected chi connectivity index (χ4v) is 12.7. The van der Waals surface area contributed by atoms with Crippen molar-refractivity contribution in [2.45, 2.75) is 220 Å². The summed E-state index contributed by atoms with van der Waals surface area (Å²) in [5, 5.41) is 112. The largest absolute Gasteiger partial charge is 0.481 e. The number of carbonyl (C=O) groups is 18. The Morgan fingerprint density at radius 2 is 1.09 bits per heavy atom. The Bertz CT molecular complexity index is 3820. The molecule has 0 bridgehead atoms. The van der Waals surface area contributed by atoms with E-state index in [0.717, 1.165) is 11.8 Å².